The summed E-state index contributed by atoms with van der Waals surface area (Å²) >= 11 is 0. The Morgan fingerprint density at radius 3 is 1.95 bits per heavy atom. The van der Waals surface area contributed by atoms with Crippen LogP contribution in [0.4, 0.5) is 0 Å². The molecule has 0 atom stereocenters. The van der Waals surface area contributed by atoms with E-state index in [0.29, 0.717) is 11.3 Å². The van der Waals surface area contributed by atoms with Crippen LogP contribution >= 0.6 is 0 Å². The number of carbonyl (C=O) groups is 1. The lowest BCUT2D eigenvalue weighted by Gasteiger charge is -2.45. The lowest BCUT2D eigenvalue weighted by molar-refractivity contribution is -0.146. The van der Waals surface area contributed by atoms with Gasteiger partial charge in [-0.2, -0.15) is 0 Å². The largest absolute Gasteiger partial charge is 0.342 e. The fourth-order valence-electron chi connectivity index (χ4n) is 4.10. The molecule has 3 nitrogen and oxygen atoms in total. The van der Waals surface area contributed by atoms with Gasteiger partial charge in [-0.3, -0.25) is 4.79 Å². The van der Waals surface area contributed by atoms with Crippen LogP contribution in [0.3, 0.4) is 0 Å². The highest BCUT2D eigenvalue weighted by molar-refractivity contribution is 5.83. The van der Waals surface area contributed by atoms with Crippen molar-refractivity contribution in [2.24, 2.45) is 10.8 Å². The van der Waals surface area contributed by atoms with E-state index in [-0.39, 0.29) is 5.41 Å². The summed E-state index contributed by atoms with van der Waals surface area (Å²) in [7, 11) is 0. The van der Waals surface area contributed by atoms with Crippen LogP contribution in [0.15, 0.2) is 0 Å². The van der Waals surface area contributed by atoms with Gasteiger partial charge in [0.15, 0.2) is 0 Å². The molecular formula is C17H32N2O. The van der Waals surface area contributed by atoms with Crippen LogP contribution < -0.4 is 5.32 Å². The molecule has 2 heterocycles. The Kier molecular flexibility index (Phi) is 5.11. The Morgan fingerprint density at radius 2 is 1.50 bits per heavy atom. The number of carbonyl (C=O) groups excluding carboxylic acids is 1. The van der Waals surface area contributed by atoms with Crippen molar-refractivity contribution in [1.29, 1.82) is 0 Å². The van der Waals surface area contributed by atoms with Gasteiger partial charge in [-0.05, 0) is 50.6 Å². The molecule has 0 aromatic heterocycles. The SMILES string of the molecule is CCC1(CC)CCN(C(=O)C2(CC)CCNCC2)CC1. The quantitative estimate of drug-likeness (QED) is 0.857. The molecule has 3 heteroatoms. The van der Waals surface area contributed by atoms with Gasteiger partial charge in [-0.1, -0.05) is 33.6 Å². The minimum absolute atomic E-state index is 0.0658. The lowest BCUT2D eigenvalue weighted by atomic mass is 9.72. The zero-order valence-electron chi connectivity index (χ0n) is 13.6. The van der Waals surface area contributed by atoms with Crippen molar-refractivity contribution in [3.05, 3.63) is 0 Å². The molecule has 2 aliphatic heterocycles. The summed E-state index contributed by atoms with van der Waals surface area (Å²) < 4.78 is 0. The third-order valence-electron chi connectivity index (χ3n) is 6.30. The number of hydrogen-bond donors (Lipinski definition) is 1. The molecule has 0 aromatic carbocycles. The second-order valence-electron chi connectivity index (χ2n) is 6.88. The van der Waals surface area contributed by atoms with Crippen LogP contribution in [0, 0.1) is 10.8 Å². The molecule has 2 fully saturated rings. The summed E-state index contributed by atoms with van der Waals surface area (Å²) in [6.45, 7) is 10.8. The topological polar surface area (TPSA) is 32.3 Å². The van der Waals surface area contributed by atoms with Crippen molar-refractivity contribution in [1.82, 2.24) is 10.2 Å². The molecule has 0 spiro atoms. The third kappa shape index (κ3) is 2.88. The molecule has 0 aliphatic carbocycles. The fraction of sp³-hybridized carbons (Fsp3) is 0.941. The Hall–Kier alpha value is -0.570. The fourth-order valence-corrected chi connectivity index (χ4v) is 4.10. The van der Waals surface area contributed by atoms with E-state index in [4.69, 9.17) is 0 Å². The number of rotatable bonds is 4. The predicted octanol–water partition coefficient (Wildman–Crippen LogP) is 3.20. The van der Waals surface area contributed by atoms with Gasteiger partial charge in [0.05, 0.1) is 5.41 Å². The molecule has 1 N–H and O–H groups in total. The minimum Gasteiger partial charge on any atom is -0.342 e. The van der Waals surface area contributed by atoms with Gasteiger partial charge in [0.2, 0.25) is 5.91 Å². The second kappa shape index (κ2) is 6.46. The van der Waals surface area contributed by atoms with Crippen LogP contribution in [0.1, 0.15) is 65.7 Å². The molecule has 2 aliphatic rings. The molecule has 0 radical (unpaired) electrons. The number of piperidine rings is 2. The van der Waals surface area contributed by atoms with Gasteiger partial charge in [-0.15, -0.1) is 0 Å². The van der Waals surface area contributed by atoms with E-state index in [2.05, 4.69) is 31.0 Å². The Morgan fingerprint density at radius 1 is 0.950 bits per heavy atom. The predicted molar refractivity (Wildman–Crippen MR) is 83.7 cm³/mol. The van der Waals surface area contributed by atoms with Gasteiger partial charge in [0, 0.05) is 13.1 Å². The highest BCUT2D eigenvalue weighted by Crippen LogP contribution is 2.41. The third-order valence-corrected chi connectivity index (χ3v) is 6.30. The van der Waals surface area contributed by atoms with Gasteiger partial charge < -0.3 is 10.2 Å². The summed E-state index contributed by atoms with van der Waals surface area (Å²) in [5.74, 6) is 0.447. The average molecular weight is 280 g/mol. The maximum absolute atomic E-state index is 13.0. The summed E-state index contributed by atoms with van der Waals surface area (Å²) in [4.78, 5) is 15.2. The van der Waals surface area contributed by atoms with E-state index in [1.54, 1.807) is 0 Å². The Labute approximate surface area is 124 Å². The molecule has 116 valence electrons. The molecule has 0 unspecified atom stereocenters. The summed E-state index contributed by atoms with van der Waals surface area (Å²) in [5.41, 5.74) is 0.438. The first-order valence-electron chi connectivity index (χ1n) is 8.61. The van der Waals surface area contributed by atoms with Gasteiger partial charge in [0.25, 0.3) is 0 Å². The zero-order valence-corrected chi connectivity index (χ0v) is 13.6. The van der Waals surface area contributed by atoms with E-state index < -0.39 is 0 Å². The number of nitrogens with zero attached hydrogens (tertiary/aromatic N) is 1. The molecule has 2 saturated heterocycles. The van der Waals surface area contributed by atoms with Crippen molar-refractivity contribution >= 4 is 5.91 Å². The van der Waals surface area contributed by atoms with Crippen LogP contribution in [0.25, 0.3) is 0 Å². The first-order valence-corrected chi connectivity index (χ1v) is 8.61. The minimum atomic E-state index is -0.0658. The summed E-state index contributed by atoms with van der Waals surface area (Å²) in [5, 5.41) is 3.39. The molecular weight excluding hydrogens is 248 g/mol. The monoisotopic (exact) mass is 280 g/mol. The van der Waals surface area contributed by atoms with E-state index in [9.17, 15) is 4.79 Å². The maximum atomic E-state index is 13.0. The van der Waals surface area contributed by atoms with Crippen molar-refractivity contribution < 1.29 is 4.79 Å². The summed E-state index contributed by atoms with van der Waals surface area (Å²) in [6.07, 6.45) is 7.95. The van der Waals surface area contributed by atoms with Crippen LogP contribution in [0.2, 0.25) is 0 Å². The highest BCUT2D eigenvalue weighted by atomic mass is 16.2. The number of likely N-dealkylation sites (tertiary alicyclic amines) is 1. The first-order chi connectivity index (χ1) is 9.61. The number of hydrogen-bond acceptors (Lipinski definition) is 2. The van der Waals surface area contributed by atoms with E-state index in [0.717, 1.165) is 45.4 Å². The molecule has 0 saturated carbocycles. The van der Waals surface area contributed by atoms with E-state index >= 15 is 0 Å². The van der Waals surface area contributed by atoms with Crippen molar-refractivity contribution in [2.75, 3.05) is 26.2 Å². The zero-order chi connectivity index (χ0) is 14.6. The summed E-state index contributed by atoms with van der Waals surface area (Å²) in [6, 6.07) is 0. The Balaban J connectivity index is 2.00. The molecule has 2 rings (SSSR count). The van der Waals surface area contributed by atoms with Crippen molar-refractivity contribution in [3.63, 3.8) is 0 Å². The molecule has 1 amide bonds. The number of nitrogens with one attached hydrogen (secondary N) is 1. The highest BCUT2D eigenvalue weighted by Gasteiger charge is 2.42. The maximum Gasteiger partial charge on any atom is 0.228 e. The van der Waals surface area contributed by atoms with Crippen molar-refractivity contribution in [3.8, 4) is 0 Å². The van der Waals surface area contributed by atoms with Gasteiger partial charge in [-0.25, -0.2) is 0 Å². The standard InChI is InChI=1S/C17H32N2O/c1-4-16(5-2)9-13-19(14-10-16)15(20)17(6-3)7-11-18-12-8-17/h18H,4-14H2,1-3H3. The van der Waals surface area contributed by atoms with Gasteiger partial charge >= 0.3 is 0 Å². The smallest absolute Gasteiger partial charge is 0.228 e. The van der Waals surface area contributed by atoms with E-state index in [1.165, 1.54) is 25.7 Å². The van der Waals surface area contributed by atoms with Crippen LogP contribution in [0.5, 0.6) is 0 Å². The van der Waals surface area contributed by atoms with Crippen molar-refractivity contribution in [2.45, 2.75) is 65.7 Å². The van der Waals surface area contributed by atoms with Crippen LogP contribution in [-0.2, 0) is 4.79 Å². The van der Waals surface area contributed by atoms with Gasteiger partial charge in [0.1, 0.15) is 0 Å². The first kappa shape index (κ1) is 15.8. The molecule has 0 aromatic rings. The normalized spacial score (nSPS) is 25.4. The molecule has 20 heavy (non-hydrogen) atoms. The average Bonchev–Trinajstić information content (AvgIpc) is 2.55. The van der Waals surface area contributed by atoms with Crippen LogP contribution in [-0.4, -0.2) is 37.0 Å². The lowest BCUT2D eigenvalue weighted by Crippen LogP contribution is -2.52. The molecule has 0 bridgehead atoms. The van der Waals surface area contributed by atoms with E-state index in [1.807, 2.05) is 0 Å². The Bertz CT molecular complexity index is 320. The second-order valence-corrected chi connectivity index (χ2v) is 6.88. The number of amides is 1.